The first-order valence-electron chi connectivity index (χ1n) is 4.81. The lowest BCUT2D eigenvalue weighted by Crippen LogP contribution is -2.00. The molecule has 3 nitrogen and oxygen atoms in total. The second kappa shape index (κ2) is 5.46. The van der Waals surface area contributed by atoms with Crippen molar-refractivity contribution in [1.29, 1.82) is 0 Å². The van der Waals surface area contributed by atoms with Crippen molar-refractivity contribution in [2.75, 3.05) is 6.16 Å². The maximum Gasteiger partial charge on any atom is 0.255 e. The minimum atomic E-state index is -2.73. The van der Waals surface area contributed by atoms with Gasteiger partial charge in [-0.25, -0.2) is 9.03 Å². The predicted molar refractivity (Wildman–Crippen MR) is 81.8 cm³/mol. The summed E-state index contributed by atoms with van der Waals surface area (Å²) in [6, 6.07) is 0. The third-order valence-electron chi connectivity index (χ3n) is 2.12. The fourth-order valence-electron chi connectivity index (χ4n) is 1.44. The summed E-state index contributed by atoms with van der Waals surface area (Å²) in [5.74, 6) is -5.46. The summed E-state index contributed by atoms with van der Waals surface area (Å²) in [5.41, 5.74) is 0.261. The molecule has 1 aliphatic rings. The molecule has 0 N–H and O–H groups in total. The third kappa shape index (κ3) is 3.92. The van der Waals surface area contributed by atoms with E-state index in [9.17, 15) is 0 Å². The van der Waals surface area contributed by atoms with Gasteiger partial charge in [-0.3, -0.25) is 0 Å². The molecule has 0 radical (unpaired) electrons. The summed E-state index contributed by atoms with van der Waals surface area (Å²) in [5, 5.41) is 0. The summed E-state index contributed by atoms with van der Waals surface area (Å²) >= 11 is 24.4. The fourth-order valence-corrected chi connectivity index (χ4v) is 19.4. The predicted octanol–water partition coefficient (Wildman–Crippen LogP) is 7.78. The zero-order valence-corrected chi connectivity index (χ0v) is 14.9. The van der Waals surface area contributed by atoms with Crippen LogP contribution in [0.1, 0.15) is 27.2 Å². The largest absolute Gasteiger partial charge is 0.255 e. The maximum absolute atomic E-state index is 6.09. The molecule has 0 aliphatic carbocycles. The molecule has 1 unspecified atom stereocenters. The van der Waals surface area contributed by atoms with Crippen molar-refractivity contribution in [2.24, 2.45) is 13.5 Å². The van der Waals surface area contributed by atoms with Crippen LogP contribution in [0.4, 0.5) is 0 Å². The first-order valence-corrected chi connectivity index (χ1v) is 13.8. The average molecular weight is 363 g/mol. The summed E-state index contributed by atoms with van der Waals surface area (Å²) in [6.45, 7) is 6.19. The zero-order valence-electron chi connectivity index (χ0n) is 9.19. The molecule has 0 fully saturated rings. The molecule has 0 saturated heterocycles. The minimum absolute atomic E-state index is 0.261. The van der Waals surface area contributed by atoms with Crippen LogP contribution in [0.25, 0.3) is 0 Å². The second-order valence-corrected chi connectivity index (χ2v) is 17.5. The fraction of sp³-hybridized carbons (Fsp3) is 1.00. The van der Waals surface area contributed by atoms with Gasteiger partial charge in [-0.1, -0.05) is 20.8 Å². The van der Waals surface area contributed by atoms with Gasteiger partial charge >= 0.3 is 0 Å². The highest BCUT2D eigenvalue weighted by molar-refractivity contribution is 8.21. The van der Waals surface area contributed by atoms with Crippen molar-refractivity contribution in [3.8, 4) is 0 Å². The van der Waals surface area contributed by atoms with Gasteiger partial charge < -0.3 is 0 Å². The van der Waals surface area contributed by atoms with E-state index in [-0.39, 0.29) is 5.66 Å². The molecule has 0 aromatic rings. The van der Waals surface area contributed by atoms with Crippen molar-refractivity contribution in [1.82, 2.24) is 0 Å². The van der Waals surface area contributed by atoms with E-state index in [1.807, 2.05) is 0 Å². The first kappa shape index (κ1) is 15.9. The molecule has 0 bridgehead atoms. The number of hydrogen-bond donors (Lipinski definition) is 0. The van der Waals surface area contributed by atoms with Gasteiger partial charge in [0.2, 0.25) is 0 Å². The summed E-state index contributed by atoms with van der Waals surface area (Å²) in [4.78, 5) is 0. The summed E-state index contributed by atoms with van der Waals surface area (Å²) in [7, 11) is -1.98. The standard InChI is InChI=1S/C6H14Cl4N3P3/c1-4-5-14(6(2)3)11-15(7,8)13-16(9,10)12-14/h6H,4-5H2,1-3H3. The summed E-state index contributed by atoms with van der Waals surface area (Å²) in [6.07, 6.45) is 1.81. The Kier molecular flexibility index (Phi) is 5.43. The van der Waals surface area contributed by atoms with Gasteiger partial charge in [0.25, 0.3) is 11.8 Å². The highest BCUT2D eigenvalue weighted by atomic mass is 35.9. The van der Waals surface area contributed by atoms with Crippen molar-refractivity contribution < 1.29 is 0 Å². The van der Waals surface area contributed by atoms with E-state index >= 15 is 0 Å². The molecular weight excluding hydrogens is 349 g/mol. The quantitative estimate of drug-likeness (QED) is 0.459. The molecule has 0 aromatic heterocycles. The lowest BCUT2D eigenvalue weighted by molar-refractivity contribution is 1.02. The Morgan fingerprint density at radius 2 is 1.44 bits per heavy atom. The van der Waals surface area contributed by atoms with Crippen molar-refractivity contribution in [2.45, 2.75) is 32.9 Å². The van der Waals surface area contributed by atoms with E-state index in [1.54, 1.807) is 0 Å². The van der Waals surface area contributed by atoms with Crippen molar-refractivity contribution >= 4 is 64.0 Å². The van der Waals surface area contributed by atoms with Gasteiger partial charge in [0, 0.05) is 11.8 Å². The molecule has 10 heteroatoms. The first-order chi connectivity index (χ1) is 7.13. The smallest absolute Gasteiger partial charge is 0.213 e. The zero-order chi connectivity index (χ0) is 12.6. The van der Waals surface area contributed by atoms with E-state index in [4.69, 9.17) is 45.0 Å². The van der Waals surface area contributed by atoms with Crippen LogP contribution in [-0.4, -0.2) is 11.8 Å². The second-order valence-electron chi connectivity index (χ2n) is 3.78. The van der Waals surface area contributed by atoms with Crippen LogP contribution in [0.15, 0.2) is 13.5 Å². The molecule has 0 saturated carbocycles. The van der Waals surface area contributed by atoms with Crippen LogP contribution < -0.4 is 0 Å². The topological polar surface area (TPSA) is 37.1 Å². The highest BCUT2D eigenvalue weighted by Gasteiger charge is 2.34. The molecular formula is C6H14Cl4N3P3. The minimum Gasteiger partial charge on any atom is -0.213 e. The molecule has 0 amide bonds. The van der Waals surface area contributed by atoms with Gasteiger partial charge in [-0.15, -0.1) is 0 Å². The summed E-state index contributed by atoms with van der Waals surface area (Å²) < 4.78 is 13.0. The number of halogens is 4. The van der Waals surface area contributed by atoms with Gasteiger partial charge in [0.15, 0.2) is 0 Å². The third-order valence-corrected chi connectivity index (χ3v) is 15.7. The van der Waals surface area contributed by atoms with Crippen LogP contribution in [0.2, 0.25) is 0 Å². The van der Waals surface area contributed by atoms with Crippen molar-refractivity contribution in [3.05, 3.63) is 0 Å². The molecule has 96 valence electrons. The van der Waals surface area contributed by atoms with Crippen LogP contribution in [-0.2, 0) is 0 Å². The average Bonchev–Trinajstić information content (AvgIpc) is 1.97. The van der Waals surface area contributed by atoms with Gasteiger partial charge in [-0.05, 0) is 51.4 Å². The monoisotopic (exact) mass is 361 g/mol. The molecule has 1 aliphatic heterocycles. The van der Waals surface area contributed by atoms with Gasteiger partial charge in [0.1, 0.15) is 0 Å². The van der Waals surface area contributed by atoms with E-state index < -0.39 is 19.0 Å². The number of nitrogens with zero attached hydrogens (tertiary/aromatic N) is 3. The van der Waals surface area contributed by atoms with Crippen LogP contribution in [0, 0.1) is 0 Å². The highest BCUT2D eigenvalue weighted by Crippen LogP contribution is 2.86. The number of hydrogen-bond acceptors (Lipinski definition) is 3. The van der Waals surface area contributed by atoms with Gasteiger partial charge in [-0.2, -0.15) is 4.52 Å². The van der Waals surface area contributed by atoms with Crippen molar-refractivity contribution in [3.63, 3.8) is 0 Å². The maximum atomic E-state index is 6.09. The Labute approximate surface area is 116 Å². The molecule has 16 heavy (non-hydrogen) atoms. The molecule has 1 atom stereocenters. The number of rotatable bonds is 3. The Bertz CT molecular complexity index is 425. The Morgan fingerprint density at radius 1 is 0.938 bits per heavy atom. The van der Waals surface area contributed by atoms with E-state index in [1.165, 1.54) is 0 Å². The van der Waals surface area contributed by atoms with Crippen LogP contribution >= 0.6 is 64.0 Å². The van der Waals surface area contributed by atoms with E-state index in [0.717, 1.165) is 12.6 Å². The molecule has 1 rings (SSSR count). The Morgan fingerprint density at radius 3 is 1.81 bits per heavy atom. The normalized spacial score (nSPS) is 31.5. The van der Waals surface area contributed by atoms with Gasteiger partial charge in [0.05, 0.1) is 7.21 Å². The van der Waals surface area contributed by atoms with E-state index in [2.05, 4.69) is 34.3 Å². The Balaban J connectivity index is 3.49. The van der Waals surface area contributed by atoms with Crippen LogP contribution in [0.3, 0.4) is 0 Å². The SMILES string of the molecule is CCCP1(C(C)C)=NP(Cl)(Cl)=NP(Cl)(Cl)=N1. The lowest BCUT2D eigenvalue weighted by atomic mass is 10.6. The lowest BCUT2D eigenvalue weighted by Gasteiger charge is -2.29. The molecule has 1 heterocycles. The van der Waals surface area contributed by atoms with E-state index in [0.29, 0.717) is 0 Å². The van der Waals surface area contributed by atoms with Crippen LogP contribution in [0.5, 0.6) is 0 Å². The molecule has 0 aromatic carbocycles. The molecule has 0 spiro atoms. The Hall–Kier alpha value is 1.85.